The number of nitrogens with two attached hydrogens (primary N) is 1. The van der Waals surface area contributed by atoms with Gasteiger partial charge in [-0.3, -0.25) is 5.84 Å². The van der Waals surface area contributed by atoms with Crippen LogP contribution >= 0.6 is 11.6 Å². The van der Waals surface area contributed by atoms with Gasteiger partial charge in [0.2, 0.25) is 0 Å². The minimum Gasteiger partial charge on any atom is -0.324 e. The molecule has 78 valence electrons. The number of nitrogens with one attached hydrogen (secondary N) is 1. The summed E-state index contributed by atoms with van der Waals surface area (Å²) in [5, 5.41) is 0.394. The van der Waals surface area contributed by atoms with E-state index in [-0.39, 0.29) is 11.2 Å². The molecule has 0 radical (unpaired) electrons. The van der Waals surface area contributed by atoms with E-state index in [9.17, 15) is 4.39 Å². The molecule has 0 atom stereocenters. The fraction of sp³-hybridized carbons (Fsp3) is 0.400. The molecule has 3 N–H and O–H groups in total. The van der Waals surface area contributed by atoms with Crippen molar-refractivity contribution in [3.05, 3.63) is 28.5 Å². The van der Waals surface area contributed by atoms with Crippen LogP contribution in [-0.4, -0.2) is 0 Å². The van der Waals surface area contributed by atoms with Gasteiger partial charge < -0.3 is 5.43 Å². The van der Waals surface area contributed by atoms with Crippen LogP contribution in [0.15, 0.2) is 12.1 Å². The number of hydrazine groups is 1. The van der Waals surface area contributed by atoms with E-state index in [0.29, 0.717) is 16.3 Å². The van der Waals surface area contributed by atoms with Gasteiger partial charge in [0.25, 0.3) is 0 Å². The molecule has 4 heteroatoms. The van der Waals surface area contributed by atoms with Crippen molar-refractivity contribution < 1.29 is 4.39 Å². The molecule has 1 aromatic rings. The van der Waals surface area contributed by atoms with Crippen molar-refractivity contribution in [1.29, 1.82) is 0 Å². The Kier molecular flexibility index (Phi) is 3.02. The Hall–Kier alpha value is -0.800. The molecule has 0 aliphatic heterocycles. The summed E-state index contributed by atoms with van der Waals surface area (Å²) < 4.78 is 13.6. The first-order chi connectivity index (χ1) is 6.36. The SMILES string of the molecule is CC(C)(C)c1c(F)cc(NN)cc1Cl. The molecule has 0 saturated heterocycles. The molecule has 0 aromatic heterocycles. The Labute approximate surface area is 88.2 Å². The van der Waals surface area contributed by atoms with Gasteiger partial charge in [-0.2, -0.15) is 0 Å². The number of nitrogen functional groups attached to an aromatic ring is 1. The smallest absolute Gasteiger partial charge is 0.130 e. The van der Waals surface area contributed by atoms with Gasteiger partial charge in [-0.05, 0) is 17.5 Å². The molecule has 0 heterocycles. The predicted octanol–water partition coefficient (Wildman–Crippen LogP) is 3.06. The fourth-order valence-corrected chi connectivity index (χ4v) is 1.86. The maximum absolute atomic E-state index is 13.6. The highest BCUT2D eigenvalue weighted by molar-refractivity contribution is 6.31. The molecular weight excluding hydrogens is 203 g/mol. The molecule has 0 unspecified atom stereocenters. The van der Waals surface area contributed by atoms with Crippen LogP contribution in [0.4, 0.5) is 10.1 Å². The molecule has 0 fully saturated rings. The lowest BCUT2D eigenvalue weighted by Crippen LogP contribution is -2.15. The topological polar surface area (TPSA) is 38.0 Å². The minimum atomic E-state index is -0.335. The van der Waals surface area contributed by atoms with E-state index in [2.05, 4.69) is 5.43 Å². The van der Waals surface area contributed by atoms with Crippen LogP contribution in [-0.2, 0) is 5.41 Å². The third-order valence-corrected chi connectivity index (χ3v) is 2.26. The number of anilines is 1. The van der Waals surface area contributed by atoms with Crippen molar-refractivity contribution in [2.45, 2.75) is 26.2 Å². The van der Waals surface area contributed by atoms with Crippen LogP contribution in [0.2, 0.25) is 5.02 Å². The van der Waals surface area contributed by atoms with E-state index in [4.69, 9.17) is 17.4 Å². The van der Waals surface area contributed by atoms with Gasteiger partial charge in [-0.25, -0.2) is 4.39 Å². The van der Waals surface area contributed by atoms with Crippen LogP contribution in [0.3, 0.4) is 0 Å². The quantitative estimate of drug-likeness (QED) is 0.559. The highest BCUT2D eigenvalue weighted by atomic mass is 35.5. The van der Waals surface area contributed by atoms with Gasteiger partial charge in [0.05, 0.1) is 5.69 Å². The molecule has 0 aliphatic rings. The number of hydrogen-bond donors (Lipinski definition) is 2. The van der Waals surface area contributed by atoms with Crippen molar-refractivity contribution in [2.75, 3.05) is 5.43 Å². The maximum atomic E-state index is 13.6. The van der Waals surface area contributed by atoms with Gasteiger partial charge in [0.1, 0.15) is 5.82 Å². The van der Waals surface area contributed by atoms with Crippen molar-refractivity contribution in [1.82, 2.24) is 0 Å². The first-order valence-electron chi connectivity index (χ1n) is 4.32. The van der Waals surface area contributed by atoms with E-state index in [1.54, 1.807) is 6.07 Å². The van der Waals surface area contributed by atoms with Gasteiger partial charge in [0, 0.05) is 10.6 Å². The molecule has 2 nitrogen and oxygen atoms in total. The van der Waals surface area contributed by atoms with Crippen LogP contribution in [0.1, 0.15) is 26.3 Å². The molecule has 0 amide bonds. The average Bonchev–Trinajstić information content (AvgIpc) is 1.99. The summed E-state index contributed by atoms with van der Waals surface area (Å²) in [4.78, 5) is 0. The third kappa shape index (κ3) is 2.16. The largest absolute Gasteiger partial charge is 0.324 e. The molecule has 1 rings (SSSR count). The van der Waals surface area contributed by atoms with Crippen LogP contribution in [0.5, 0.6) is 0 Å². The lowest BCUT2D eigenvalue weighted by Gasteiger charge is -2.21. The van der Waals surface area contributed by atoms with Gasteiger partial charge in [-0.1, -0.05) is 32.4 Å². The maximum Gasteiger partial charge on any atom is 0.130 e. The number of halogens is 2. The van der Waals surface area contributed by atoms with E-state index < -0.39 is 0 Å². The molecule has 1 aromatic carbocycles. The zero-order chi connectivity index (χ0) is 10.9. The standard InChI is InChI=1S/C10H14ClFN2/c1-10(2,3)9-7(11)4-6(14-13)5-8(9)12/h4-5,14H,13H2,1-3H3. The second kappa shape index (κ2) is 3.75. The summed E-state index contributed by atoms with van der Waals surface area (Å²) in [5.74, 6) is 4.84. The lowest BCUT2D eigenvalue weighted by atomic mass is 9.86. The predicted molar refractivity (Wildman–Crippen MR) is 57.9 cm³/mol. The Bertz CT molecular complexity index is 321. The van der Waals surface area contributed by atoms with Crippen LogP contribution in [0, 0.1) is 5.82 Å². The number of benzene rings is 1. The van der Waals surface area contributed by atoms with E-state index in [1.807, 2.05) is 20.8 Å². The molecule has 0 bridgehead atoms. The molecule has 0 aliphatic carbocycles. The van der Waals surface area contributed by atoms with Crippen molar-refractivity contribution in [3.63, 3.8) is 0 Å². The summed E-state index contributed by atoms with van der Waals surface area (Å²) >= 11 is 5.96. The molecule has 0 saturated carbocycles. The molecule has 0 spiro atoms. The van der Waals surface area contributed by atoms with Crippen LogP contribution in [0.25, 0.3) is 0 Å². The van der Waals surface area contributed by atoms with Crippen molar-refractivity contribution in [3.8, 4) is 0 Å². The Balaban J connectivity index is 3.33. The average molecular weight is 217 g/mol. The second-order valence-corrected chi connectivity index (χ2v) is 4.62. The van der Waals surface area contributed by atoms with E-state index in [1.165, 1.54) is 6.07 Å². The van der Waals surface area contributed by atoms with E-state index in [0.717, 1.165) is 0 Å². The Morgan fingerprint density at radius 3 is 2.29 bits per heavy atom. The first-order valence-corrected chi connectivity index (χ1v) is 4.70. The monoisotopic (exact) mass is 216 g/mol. The fourth-order valence-electron chi connectivity index (χ4n) is 1.37. The Morgan fingerprint density at radius 2 is 1.93 bits per heavy atom. The van der Waals surface area contributed by atoms with Gasteiger partial charge in [0.15, 0.2) is 0 Å². The summed E-state index contributed by atoms with van der Waals surface area (Å²) in [6.07, 6.45) is 0. The first kappa shape index (κ1) is 11.3. The summed E-state index contributed by atoms with van der Waals surface area (Å²) in [7, 11) is 0. The van der Waals surface area contributed by atoms with Gasteiger partial charge in [-0.15, -0.1) is 0 Å². The van der Waals surface area contributed by atoms with Crippen LogP contribution < -0.4 is 11.3 Å². The second-order valence-electron chi connectivity index (χ2n) is 4.21. The normalized spacial score (nSPS) is 11.6. The Morgan fingerprint density at radius 1 is 1.36 bits per heavy atom. The zero-order valence-electron chi connectivity index (χ0n) is 8.49. The minimum absolute atomic E-state index is 0.311. The van der Waals surface area contributed by atoms with Gasteiger partial charge >= 0.3 is 0 Å². The summed E-state index contributed by atoms with van der Waals surface area (Å²) in [6, 6.07) is 2.96. The zero-order valence-corrected chi connectivity index (χ0v) is 9.24. The molecule has 14 heavy (non-hydrogen) atoms. The molecular formula is C10H14ClFN2. The van der Waals surface area contributed by atoms with Crippen molar-refractivity contribution in [2.24, 2.45) is 5.84 Å². The summed E-state index contributed by atoms with van der Waals surface area (Å²) in [6.45, 7) is 5.73. The number of hydrogen-bond acceptors (Lipinski definition) is 2. The number of rotatable bonds is 1. The van der Waals surface area contributed by atoms with E-state index >= 15 is 0 Å². The lowest BCUT2D eigenvalue weighted by molar-refractivity contribution is 0.523. The summed E-state index contributed by atoms with van der Waals surface area (Å²) in [5.41, 5.74) is 3.04. The highest BCUT2D eigenvalue weighted by Gasteiger charge is 2.22. The highest BCUT2D eigenvalue weighted by Crippen LogP contribution is 2.33. The van der Waals surface area contributed by atoms with Crippen molar-refractivity contribution >= 4 is 17.3 Å². The third-order valence-electron chi connectivity index (χ3n) is 1.96.